The third kappa shape index (κ3) is 5.52. The molecule has 0 radical (unpaired) electrons. The van der Waals surface area contributed by atoms with Gasteiger partial charge in [-0.25, -0.2) is 9.48 Å². The van der Waals surface area contributed by atoms with Crippen LogP contribution in [0.15, 0.2) is 54.6 Å². The summed E-state index contributed by atoms with van der Waals surface area (Å²) in [5, 5.41) is 12.2. The quantitative estimate of drug-likeness (QED) is 0.528. The maximum atomic E-state index is 13.1. The molecule has 2 aromatic carbocycles. The number of nitrogens with one attached hydrogen (secondary N) is 3. The fraction of sp³-hybridized carbons (Fsp3) is 0.200. The molecular formula is C20H19ClF3N5O. The molecule has 0 bridgehead atoms. The monoisotopic (exact) mass is 437 g/mol. The number of hydrogen-bond donors (Lipinski definition) is 3. The molecule has 2 amide bonds. The van der Waals surface area contributed by atoms with E-state index in [2.05, 4.69) is 21.0 Å². The molecule has 30 heavy (non-hydrogen) atoms. The summed E-state index contributed by atoms with van der Waals surface area (Å²) in [6, 6.07) is 13.8. The summed E-state index contributed by atoms with van der Waals surface area (Å²) in [5.74, 6) is 0. The normalized spacial score (nSPS) is 11.4. The van der Waals surface area contributed by atoms with Crippen molar-refractivity contribution in [2.45, 2.75) is 19.3 Å². The molecule has 0 aliphatic carbocycles. The molecule has 0 saturated heterocycles. The maximum absolute atomic E-state index is 13.1. The highest BCUT2D eigenvalue weighted by molar-refractivity contribution is 6.30. The number of rotatable bonds is 6. The van der Waals surface area contributed by atoms with Crippen LogP contribution in [0.25, 0.3) is 5.69 Å². The van der Waals surface area contributed by atoms with Gasteiger partial charge in [-0.2, -0.15) is 18.3 Å². The van der Waals surface area contributed by atoms with Crippen LogP contribution in [0.5, 0.6) is 0 Å². The molecule has 1 aromatic heterocycles. The zero-order valence-corrected chi connectivity index (χ0v) is 16.7. The van der Waals surface area contributed by atoms with E-state index in [9.17, 15) is 18.0 Å². The predicted octanol–water partition coefficient (Wildman–Crippen LogP) is 4.59. The Hall–Kier alpha value is -3.04. The van der Waals surface area contributed by atoms with Gasteiger partial charge in [-0.05, 0) is 49.0 Å². The highest BCUT2D eigenvalue weighted by atomic mass is 35.5. The number of alkyl halides is 3. The number of carbonyl (C=O) groups is 1. The van der Waals surface area contributed by atoms with Crippen LogP contribution in [-0.2, 0) is 19.3 Å². The summed E-state index contributed by atoms with van der Waals surface area (Å²) in [6.45, 7) is 0.529. The molecule has 3 aromatic rings. The van der Waals surface area contributed by atoms with Gasteiger partial charge in [0, 0.05) is 17.3 Å². The van der Waals surface area contributed by atoms with Gasteiger partial charge < -0.3 is 16.0 Å². The van der Waals surface area contributed by atoms with E-state index < -0.39 is 17.9 Å². The fourth-order valence-electron chi connectivity index (χ4n) is 2.77. The summed E-state index contributed by atoms with van der Waals surface area (Å²) in [7, 11) is 1.83. The van der Waals surface area contributed by atoms with Crippen molar-refractivity contribution in [3.8, 4) is 5.69 Å². The first-order valence-corrected chi connectivity index (χ1v) is 9.34. The number of halogens is 4. The second-order valence-electron chi connectivity index (χ2n) is 6.45. The maximum Gasteiger partial charge on any atom is 0.435 e. The summed E-state index contributed by atoms with van der Waals surface area (Å²) in [5.41, 5.74) is 1.07. The second-order valence-corrected chi connectivity index (χ2v) is 6.88. The van der Waals surface area contributed by atoms with Gasteiger partial charge in [0.2, 0.25) is 0 Å². The van der Waals surface area contributed by atoms with Crippen LogP contribution in [-0.4, -0.2) is 22.9 Å². The van der Waals surface area contributed by atoms with Crippen molar-refractivity contribution in [2.75, 3.05) is 12.4 Å². The smallest absolute Gasteiger partial charge is 0.332 e. The second kappa shape index (κ2) is 9.19. The summed E-state index contributed by atoms with van der Waals surface area (Å²) >= 11 is 5.95. The minimum atomic E-state index is -4.62. The Kier molecular flexibility index (Phi) is 6.63. The average molecular weight is 438 g/mol. The Labute approximate surface area is 176 Å². The van der Waals surface area contributed by atoms with Crippen molar-refractivity contribution in [1.82, 2.24) is 20.4 Å². The number of carbonyl (C=O) groups excluding carboxylic acids is 1. The highest BCUT2D eigenvalue weighted by Gasteiger charge is 2.35. The molecule has 0 unspecified atom stereocenters. The molecule has 0 aliphatic rings. The van der Waals surface area contributed by atoms with Crippen LogP contribution in [0, 0.1) is 0 Å². The van der Waals surface area contributed by atoms with E-state index in [1.54, 1.807) is 30.3 Å². The van der Waals surface area contributed by atoms with Crippen LogP contribution in [0.2, 0.25) is 5.02 Å². The molecule has 0 spiro atoms. The van der Waals surface area contributed by atoms with E-state index in [4.69, 9.17) is 11.6 Å². The van der Waals surface area contributed by atoms with E-state index in [0.717, 1.165) is 16.3 Å². The van der Waals surface area contributed by atoms with Crippen LogP contribution < -0.4 is 16.0 Å². The zero-order chi connectivity index (χ0) is 21.7. The van der Waals surface area contributed by atoms with Crippen LogP contribution in [0.1, 0.15) is 17.0 Å². The first kappa shape index (κ1) is 21.7. The van der Waals surface area contributed by atoms with Crippen molar-refractivity contribution in [1.29, 1.82) is 0 Å². The lowest BCUT2D eigenvalue weighted by atomic mass is 10.2. The Balaban J connectivity index is 1.73. The summed E-state index contributed by atoms with van der Waals surface area (Å²) in [4.78, 5) is 12.2. The molecular weight excluding hydrogens is 419 g/mol. The molecule has 0 fully saturated rings. The van der Waals surface area contributed by atoms with Gasteiger partial charge in [0.15, 0.2) is 5.69 Å². The van der Waals surface area contributed by atoms with Gasteiger partial charge in [0.1, 0.15) is 0 Å². The number of urea groups is 1. The highest BCUT2D eigenvalue weighted by Crippen LogP contribution is 2.30. The number of anilines is 1. The van der Waals surface area contributed by atoms with Crippen molar-refractivity contribution in [2.24, 2.45) is 0 Å². The largest absolute Gasteiger partial charge is 0.435 e. The third-order valence-corrected chi connectivity index (χ3v) is 4.38. The van der Waals surface area contributed by atoms with Gasteiger partial charge in [-0.15, -0.1) is 0 Å². The van der Waals surface area contributed by atoms with Crippen molar-refractivity contribution in [3.05, 3.63) is 76.6 Å². The fourth-order valence-corrected chi connectivity index (χ4v) is 2.96. The van der Waals surface area contributed by atoms with E-state index in [-0.39, 0.29) is 12.2 Å². The number of aromatic nitrogens is 2. The average Bonchev–Trinajstić information content (AvgIpc) is 3.13. The lowest BCUT2D eigenvalue weighted by Gasteiger charge is -2.10. The minimum Gasteiger partial charge on any atom is -0.332 e. The molecule has 0 aliphatic heterocycles. The summed E-state index contributed by atoms with van der Waals surface area (Å²) < 4.78 is 40.5. The standard InChI is InChI=1S/C20H19ClF3N5O/c1-25-11-13-5-7-15(8-6-13)27-19(30)26-12-17-10-18(20(22,23)24)28-29(17)16-4-2-3-14(21)9-16/h2-10,25H,11-12H2,1H3,(H2,26,27,30). The molecule has 158 valence electrons. The van der Waals surface area contributed by atoms with Gasteiger partial charge >= 0.3 is 12.2 Å². The van der Waals surface area contributed by atoms with E-state index in [1.165, 1.54) is 6.07 Å². The molecule has 3 rings (SSSR count). The molecule has 0 atom stereocenters. The van der Waals surface area contributed by atoms with Crippen LogP contribution in [0.3, 0.4) is 0 Å². The van der Waals surface area contributed by atoms with Crippen LogP contribution in [0.4, 0.5) is 23.7 Å². The Morgan fingerprint density at radius 2 is 1.83 bits per heavy atom. The van der Waals surface area contributed by atoms with Gasteiger partial charge in [0.05, 0.1) is 17.9 Å². The van der Waals surface area contributed by atoms with Crippen LogP contribution >= 0.6 is 11.6 Å². The van der Waals surface area contributed by atoms with Gasteiger partial charge in [-0.1, -0.05) is 29.8 Å². The van der Waals surface area contributed by atoms with E-state index in [0.29, 0.717) is 22.9 Å². The zero-order valence-electron chi connectivity index (χ0n) is 15.9. The third-order valence-electron chi connectivity index (χ3n) is 4.15. The lowest BCUT2D eigenvalue weighted by Crippen LogP contribution is -2.29. The lowest BCUT2D eigenvalue weighted by molar-refractivity contribution is -0.141. The number of amides is 2. The van der Waals surface area contributed by atoms with Gasteiger partial charge in [0.25, 0.3) is 0 Å². The molecule has 1 heterocycles. The topological polar surface area (TPSA) is 71.0 Å². The van der Waals surface area contributed by atoms with E-state index >= 15 is 0 Å². The molecule has 3 N–H and O–H groups in total. The Morgan fingerprint density at radius 1 is 1.10 bits per heavy atom. The first-order chi connectivity index (χ1) is 14.3. The van der Waals surface area contributed by atoms with Crippen molar-refractivity contribution in [3.63, 3.8) is 0 Å². The predicted molar refractivity (Wildman–Crippen MR) is 109 cm³/mol. The number of nitrogens with zero attached hydrogens (tertiary/aromatic N) is 2. The van der Waals surface area contributed by atoms with E-state index in [1.807, 2.05) is 19.2 Å². The molecule has 10 heteroatoms. The molecule has 6 nitrogen and oxygen atoms in total. The van der Waals surface area contributed by atoms with Crippen molar-refractivity contribution >= 4 is 23.3 Å². The number of benzene rings is 2. The minimum absolute atomic E-state index is 0.157. The molecule has 0 saturated carbocycles. The SMILES string of the molecule is CNCc1ccc(NC(=O)NCc2cc(C(F)(F)F)nn2-c2cccc(Cl)c2)cc1. The Morgan fingerprint density at radius 3 is 2.47 bits per heavy atom. The first-order valence-electron chi connectivity index (χ1n) is 8.97. The number of hydrogen-bond acceptors (Lipinski definition) is 3. The summed E-state index contributed by atoms with van der Waals surface area (Å²) in [6.07, 6.45) is -4.62. The van der Waals surface area contributed by atoms with Gasteiger partial charge in [-0.3, -0.25) is 0 Å². The Bertz CT molecular complexity index is 1020. The van der Waals surface area contributed by atoms with Crippen molar-refractivity contribution < 1.29 is 18.0 Å².